The van der Waals surface area contributed by atoms with E-state index in [4.69, 9.17) is 0 Å². The van der Waals surface area contributed by atoms with E-state index in [-0.39, 0.29) is 18.1 Å². The second-order valence-electron chi connectivity index (χ2n) is 5.79. The first-order valence-corrected chi connectivity index (χ1v) is 9.47. The molecule has 1 aromatic heterocycles. The highest BCUT2D eigenvalue weighted by Crippen LogP contribution is 2.15. The molecule has 5 nitrogen and oxygen atoms in total. The summed E-state index contributed by atoms with van der Waals surface area (Å²) in [5, 5.41) is 9.24. The zero-order valence-corrected chi connectivity index (χ0v) is 16.0. The van der Waals surface area contributed by atoms with Crippen LogP contribution in [-0.4, -0.2) is 31.5 Å². The zero-order valence-electron chi connectivity index (χ0n) is 15.1. The summed E-state index contributed by atoms with van der Waals surface area (Å²) in [6.07, 6.45) is 0.242. The van der Waals surface area contributed by atoms with Crippen molar-refractivity contribution in [1.29, 1.82) is 0 Å². The quantitative estimate of drug-likeness (QED) is 0.377. The van der Waals surface area contributed by atoms with E-state index in [1.165, 1.54) is 21.9 Å². The van der Waals surface area contributed by atoms with Gasteiger partial charge in [-0.3, -0.25) is 4.79 Å². The largest absolute Gasteiger partial charge is 0.357 e. The predicted octanol–water partition coefficient (Wildman–Crippen LogP) is 2.61. The molecule has 7 heteroatoms. The zero-order chi connectivity index (χ0) is 18.8. The molecule has 140 valence electrons. The average molecular weight is 377 g/mol. The molecule has 1 amide bonds. The highest BCUT2D eigenvalue weighted by molar-refractivity contribution is 7.11. The number of aryl methyl sites for hydroxylation is 1. The van der Waals surface area contributed by atoms with E-state index in [2.05, 4.69) is 40.0 Å². The molecule has 3 N–H and O–H groups in total. The third-order valence-electron chi connectivity index (χ3n) is 3.55. The van der Waals surface area contributed by atoms with Crippen LogP contribution in [0.2, 0.25) is 0 Å². The van der Waals surface area contributed by atoms with E-state index in [1.54, 1.807) is 23.5 Å². The van der Waals surface area contributed by atoms with Crippen molar-refractivity contribution in [2.24, 2.45) is 4.99 Å². The number of guanidine groups is 1. The minimum atomic E-state index is -0.300. The number of aliphatic imine (C=N–C) groups is 1. The van der Waals surface area contributed by atoms with Crippen LogP contribution in [0.3, 0.4) is 0 Å². The second-order valence-corrected chi connectivity index (χ2v) is 7.16. The average Bonchev–Trinajstić information content (AvgIpc) is 3.04. The van der Waals surface area contributed by atoms with Gasteiger partial charge in [-0.2, -0.15) is 0 Å². The van der Waals surface area contributed by atoms with Crippen LogP contribution in [0, 0.1) is 12.7 Å². The molecule has 0 fully saturated rings. The summed E-state index contributed by atoms with van der Waals surface area (Å²) in [6, 6.07) is 10.1. The molecule has 0 atom stereocenters. The smallest absolute Gasteiger partial charge is 0.224 e. The van der Waals surface area contributed by atoms with E-state index in [9.17, 15) is 9.18 Å². The third-order valence-corrected chi connectivity index (χ3v) is 4.54. The van der Waals surface area contributed by atoms with E-state index in [0.29, 0.717) is 19.6 Å². The van der Waals surface area contributed by atoms with Crippen LogP contribution in [0.25, 0.3) is 0 Å². The minimum absolute atomic E-state index is 0.0885. The van der Waals surface area contributed by atoms with Gasteiger partial charge in [0.05, 0.1) is 13.0 Å². The molecule has 1 heterocycles. The molecule has 0 saturated carbocycles. The number of hydrogen-bond acceptors (Lipinski definition) is 3. The van der Waals surface area contributed by atoms with Crippen molar-refractivity contribution in [3.8, 4) is 0 Å². The molecule has 0 saturated heterocycles. The number of carbonyl (C=O) groups is 1. The van der Waals surface area contributed by atoms with Crippen LogP contribution >= 0.6 is 11.3 Å². The van der Waals surface area contributed by atoms with Gasteiger partial charge in [-0.25, -0.2) is 9.38 Å². The van der Waals surface area contributed by atoms with Gasteiger partial charge in [0.25, 0.3) is 0 Å². The number of hydrogen-bond donors (Lipinski definition) is 3. The van der Waals surface area contributed by atoms with E-state index in [1.807, 2.05) is 6.92 Å². The number of thiophene rings is 1. The summed E-state index contributed by atoms with van der Waals surface area (Å²) in [7, 11) is 0. The van der Waals surface area contributed by atoms with Crippen molar-refractivity contribution in [1.82, 2.24) is 16.0 Å². The van der Waals surface area contributed by atoms with Crippen LogP contribution in [0.4, 0.5) is 4.39 Å². The Morgan fingerprint density at radius 1 is 1.08 bits per heavy atom. The molecule has 0 aliphatic carbocycles. The van der Waals surface area contributed by atoms with Crippen LogP contribution in [-0.2, 0) is 17.8 Å². The fourth-order valence-corrected chi connectivity index (χ4v) is 3.12. The maximum absolute atomic E-state index is 12.9. The third kappa shape index (κ3) is 7.23. The Hall–Kier alpha value is -2.41. The Morgan fingerprint density at radius 2 is 1.81 bits per heavy atom. The number of rotatable bonds is 8. The monoisotopic (exact) mass is 376 g/mol. The first-order chi connectivity index (χ1) is 12.6. The number of amides is 1. The Morgan fingerprint density at radius 3 is 2.46 bits per heavy atom. The van der Waals surface area contributed by atoms with Crippen molar-refractivity contribution < 1.29 is 9.18 Å². The lowest BCUT2D eigenvalue weighted by Crippen LogP contribution is -2.41. The molecule has 0 aliphatic rings. The number of nitrogens with one attached hydrogen (secondary N) is 3. The van der Waals surface area contributed by atoms with Gasteiger partial charge in [-0.15, -0.1) is 11.3 Å². The lowest BCUT2D eigenvalue weighted by Gasteiger charge is -2.11. The molecule has 2 aromatic rings. The van der Waals surface area contributed by atoms with Crippen molar-refractivity contribution in [3.05, 3.63) is 57.5 Å². The van der Waals surface area contributed by atoms with Gasteiger partial charge >= 0.3 is 0 Å². The molecule has 0 radical (unpaired) electrons. The summed E-state index contributed by atoms with van der Waals surface area (Å²) in [5.74, 6) is 0.340. The SMILES string of the molecule is CCNC(=NCc1ccc(C)s1)NCCNC(=O)Cc1ccc(F)cc1. The molecule has 2 rings (SSSR count). The summed E-state index contributed by atoms with van der Waals surface area (Å²) >= 11 is 1.74. The Bertz CT molecular complexity index is 727. The first kappa shape index (κ1) is 19.9. The van der Waals surface area contributed by atoms with Crippen LogP contribution in [0.15, 0.2) is 41.4 Å². The van der Waals surface area contributed by atoms with Gasteiger partial charge in [0.2, 0.25) is 5.91 Å². The normalized spacial score (nSPS) is 11.3. The summed E-state index contributed by atoms with van der Waals surface area (Å²) in [5.41, 5.74) is 0.790. The standard InChI is InChI=1S/C19H25FN4OS/c1-3-21-19(24-13-17-9-4-14(2)26-17)23-11-10-22-18(25)12-15-5-7-16(20)8-6-15/h4-9H,3,10-13H2,1-2H3,(H,22,25)(H2,21,23,24). The van der Waals surface area contributed by atoms with E-state index >= 15 is 0 Å². The fraction of sp³-hybridized carbons (Fsp3) is 0.368. The maximum atomic E-state index is 12.9. The highest BCUT2D eigenvalue weighted by Gasteiger charge is 2.04. The van der Waals surface area contributed by atoms with E-state index < -0.39 is 0 Å². The molecular formula is C19H25FN4OS. The predicted molar refractivity (Wildman–Crippen MR) is 105 cm³/mol. The van der Waals surface area contributed by atoms with Gasteiger partial charge in [0.15, 0.2) is 5.96 Å². The number of carbonyl (C=O) groups excluding carboxylic acids is 1. The second kappa shape index (κ2) is 10.6. The maximum Gasteiger partial charge on any atom is 0.224 e. The van der Waals surface area contributed by atoms with Gasteiger partial charge in [-0.1, -0.05) is 12.1 Å². The van der Waals surface area contributed by atoms with E-state index in [0.717, 1.165) is 18.1 Å². The Kier molecular flexibility index (Phi) is 8.08. The Balaban J connectivity index is 1.71. The van der Waals surface area contributed by atoms with Gasteiger partial charge < -0.3 is 16.0 Å². The Labute approximate surface area is 157 Å². The molecule has 0 aliphatic heterocycles. The molecular weight excluding hydrogens is 351 g/mol. The lowest BCUT2D eigenvalue weighted by atomic mass is 10.1. The van der Waals surface area contributed by atoms with Crippen molar-refractivity contribution >= 4 is 23.2 Å². The summed E-state index contributed by atoms with van der Waals surface area (Å²) in [6.45, 7) is 6.55. The van der Waals surface area contributed by atoms with Gasteiger partial charge in [0.1, 0.15) is 5.82 Å². The van der Waals surface area contributed by atoms with Crippen LogP contribution in [0.5, 0.6) is 0 Å². The van der Waals surface area contributed by atoms with Crippen LogP contribution < -0.4 is 16.0 Å². The molecule has 0 spiro atoms. The van der Waals surface area contributed by atoms with Crippen molar-refractivity contribution in [3.63, 3.8) is 0 Å². The van der Waals surface area contributed by atoms with Crippen molar-refractivity contribution in [2.45, 2.75) is 26.8 Å². The minimum Gasteiger partial charge on any atom is -0.357 e. The summed E-state index contributed by atoms with van der Waals surface area (Å²) < 4.78 is 12.9. The molecule has 0 unspecified atom stereocenters. The van der Waals surface area contributed by atoms with Gasteiger partial charge in [0, 0.05) is 29.4 Å². The number of halogens is 1. The fourth-order valence-electron chi connectivity index (χ4n) is 2.30. The number of benzene rings is 1. The first-order valence-electron chi connectivity index (χ1n) is 8.65. The highest BCUT2D eigenvalue weighted by atomic mass is 32.1. The molecule has 1 aromatic carbocycles. The van der Waals surface area contributed by atoms with Crippen LogP contribution in [0.1, 0.15) is 22.2 Å². The molecule has 26 heavy (non-hydrogen) atoms. The topological polar surface area (TPSA) is 65.5 Å². The molecule has 0 bridgehead atoms. The lowest BCUT2D eigenvalue weighted by molar-refractivity contribution is -0.120. The van der Waals surface area contributed by atoms with Crippen molar-refractivity contribution in [2.75, 3.05) is 19.6 Å². The van der Waals surface area contributed by atoms with Gasteiger partial charge in [-0.05, 0) is 43.7 Å². The summed E-state index contributed by atoms with van der Waals surface area (Å²) in [4.78, 5) is 18.9. The number of nitrogens with zero attached hydrogens (tertiary/aromatic N) is 1.